The lowest BCUT2D eigenvalue weighted by atomic mass is 10.2. The van der Waals surface area contributed by atoms with Crippen molar-refractivity contribution in [2.24, 2.45) is 7.05 Å². The number of aromatic amines is 1. The van der Waals surface area contributed by atoms with Crippen LogP contribution in [0.4, 0.5) is 13.2 Å². The van der Waals surface area contributed by atoms with Crippen molar-refractivity contribution in [3.05, 3.63) is 34.4 Å². The molecule has 1 aromatic heterocycles. The number of H-pyrrole nitrogens is 1. The second kappa shape index (κ2) is 3.75. The number of nitrogens with zero attached hydrogens (tertiary/aromatic N) is 2. The summed E-state index contributed by atoms with van der Waals surface area (Å²) in [5.41, 5.74) is -0.406. The van der Waals surface area contributed by atoms with Crippen LogP contribution in [0.15, 0.2) is 12.1 Å². The molecule has 0 saturated carbocycles. The van der Waals surface area contributed by atoms with Gasteiger partial charge in [-0.15, -0.1) is 0 Å². The molecule has 0 aliphatic heterocycles. The van der Waals surface area contributed by atoms with Gasteiger partial charge in [-0.2, -0.15) is 5.10 Å². The highest BCUT2D eigenvalue weighted by Gasteiger charge is 2.17. The molecular weight excluding hydrogens is 239 g/mol. The SMILES string of the molecule is Cn1c(-c2c(F)cc(F)cc2F)n[nH]c1=S. The van der Waals surface area contributed by atoms with Gasteiger partial charge in [-0.25, -0.2) is 13.2 Å². The van der Waals surface area contributed by atoms with Gasteiger partial charge in [-0.3, -0.25) is 5.10 Å². The molecule has 0 radical (unpaired) electrons. The van der Waals surface area contributed by atoms with Gasteiger partial charge in [0.15, 0.2) is 10.6 Å². The van der Waals surface area contributed by atoms with Crippen LogP contribution in [-0.2, 0) is 7.05 Å². The molecule has 0 aliphatic carbocycles. The maximum Gasteiger partial charge on any atom is 0.195 e. The molecule has 84 valence electrons. The highest BCUT2D eigenvalue weighted by molar-refractivity contribution is 7.71. The fourth-order valence-corrected chi connectivity index (χ4v) is 1.46. The van der Waals surface area contributed by atoms with Gasteiger partial charge >= 0.3 is 0 Å². The number of nitrogens with one attached hydrogen (secondary N) is 1. The Bertz CT molecular complexity index is 579. The maximum absolute atomic E-state index is 13.4. The van der Waals surface area contributed by atoms with Crippen molar-refractivity contribution in [2.45, 2.75) is 0 Å². The van der Waals surface area contributed by atoms with E-state index in [1.165, 1.54) is 11.6 Å². The smallest absolute Gasteiger partial charge is 0.195 e. The predicted molar refractivity (Wildman–Crippen MR) is 53.7 cm³/mol. The maximum atomic E-state index is 13.4. The first-order valence-electron chi connectivity index (χ1n) is 4.27. The Labute approximate surface area is 93.5 Å². The predicted octanol–water partition coefficient (Wildman–Crippen LogP) is 2.56. The summed E-state index contributed by atoms with van der Waals surface area (Å²) in [6.45, 7) is 0. The van der Waals surface area contributed by atoms with Crippen molar-refractivity contribution < 1.29 is 13.2 Å². The lowest BCUT2D eigenvalue weighted by Crippen LogP contribution is -1.99. The molecule has 1 aromatic carbocycles. The molecule has 0 atom stereocenters. The van der Waals surface area contributed by atoms with E-state index in [9.17, 15) is 13.2 Å². The zero-order valence-electron chi connectivity index (χ0n) is 8.09. The van der Waals surface area contributed by atoms with Gasteiger partial charge in [0.25, 0.3) is 0 Å². The highest BCUT2D eigenvalue weighted by Crippen LogP contribution is 2.24. The van der Waals surface area contributed by atoms with Gasteiger partial charge in [0.05, 0.1) is 5.56 Å². The van der Waals surface area contributed by atoms with Crippen LogP contribution in [0.25, 0.3) is 11.4 Å². The van der Waals surface area contributed by atoms with E-state index in [1.807, 2.05) is 0 Å². The minimum atomic E-state index is -1.02. The molecule has 0 fully saturated rings. The molecule has 7 heteroatoms. The highest BCUT2D eigenvalue weighted by atomic mass is 32.1. The molecule has 16 heavy (non-hydrogen) atoms. The Hall–Kier alpha value is -1.63. The van der Waals surface area contributed by atoms with Gasteiger partial charge in [0, 0.05) is 19.2 Å². The van der Waals surface area contributed by atoms with E-state index < -0.39 is 23.0 Å². The van der Waals surface area contributed by atoms with Gasteiger partial charge in [0.2, 0.25) is 0 Å². The summed E-state index contributed by atoms with van der Waals surface area (Å²) < 4.78 is 41.0. The second-order valence-corrected chi connectivity index (χ2v) is 3.54. The molecular formula is C9H6F3N3S. The minimum absolute atomic E-state index is 0.0139. The number of rotatable bonds is 1. The van der Waals surface area contributed by atoms with Crippen molar-refractivity contribution in [1.82, 2.24) is 14.8 Å². The van der Waals surface area contributed by atoms with Gasteiger partial charge in [-0.1, -0.05) is 0 Å². The van der Waals surface area contributed by atoms with Crippen LogP contribution < -0.4 is 0 Å². The number of hydrogen-bond acceptors (Lipinski definition) is 2. The van der Waals surface area contributed by atoms with E-state index in [0.717, 1.165) is 0 Å². The standard InChI is InChI=1S/C9H6F3N3S/c1-15-8(13-14-9(15)16)7-5(11)2-4(10)3-6(7)12/h2-3H,1H3,(H,14,16). The summed E-state index contributed by atoms with van der Waals surface area (Å²) in [6, 6.07) is 1.19. The van der Waals surface area contributed by atoms with E-state index in [-0.39, 0.29) is 10.6 Å². The molecule has 0 spiro atoms. The Kier molecular flexibility index (Phi) is 2.55. The van der Waals surface area contributed by atoms with Crippen LogP contribution in [0.2, 0.25) is 0 Å². The van der Waals surface area contributed by atoms with Crippen LogP contribution >= 0.6 is 12.2 Å². The van der Waals surface area contributed by atoms with E-state index in [4.69, 9.17) is 12.2 Å². The molecule has 0 unspecified atom stereocenters. The van der Waals surface area contributed by atoms with Gasteiger partial charge in [0.1, 0.15) is 17.5 Å². The largest absolute Gasteiger partial charge is 0.303 e. The lowest BCUT2D eigenvalue weighted by Gasteiger charge is -2.03. The first-order chi connectivity index (χ1) is 7.50. The summed E-state index contributed by atoms with van der Waals surface area (Å²) >= 11 is 4.81. The quantitative estimate of drug-likeness (QED) is 0.783. The summed E-state index contributed by atoms with van der Waals surface area (Å²) in [7, 11) is 1.50. The zero-order valence-corrected chi connectivity index (χ0v) is 8.91. The third-order valence-corrected chi connectivity index (χ3v) is 2.48. The normalized spacial score (nSPS) is 10.8. The van der Waals surface area contributed by atoms with Crippen molar-refractivity contribution in [3.63, 3.8) is 0 Å². The van der Waals surface area contributed by atoms with Crippen molar-refractivity contribution in [2.75, 3.05) is 0 Å². The molecule has 1 heterocycles. The summed E-state index contributed by atoms with van der Waals surface area (Å²) in [5, 5.41) is 6.07. The van der Waals surface area contributed by atoms with Crippen molar-refractivity contribution >= 4 is 12.2 Å². The Morgan fingerprint density at radius 3 is 2.25 bits per heavy atom. The number of hydrogen-bond donors (Lipinski definition) is 1. The Morgan fingerprint density at radius 1 is 1.25 bits per heavy atom. The van der Waals surface area contributed by atoms with Crippen LogP contribution in [0, 0.1) is 22.2 Å². The summed E-state index contributed by atoms with van der Waals surface area (Å²) in [4.78, 5) is 0. The van der Waals surface area contributed by atoms with Crippen LogP contribution in [0.3, 0.4) is 0 Å². The third-order valence-electron chi connectivity index (χ3n) is 2.11. The van der Waals surface area contributed by atoms with Crippen molar-refractivity contribution in [3.8, 4) is 11.4 Å². The molecule has 3 nitrogen and oxygen atoms in total. The Morgan fingerprint density at radius 2 is 1.81 bits per heavy atom. The van der Waals surface area contributed by atoms with E-state index in [0.29, 0.717) is 12.1 Å². The van der Waals surface area contributed by atoms with Crippen LogP contribution in [0.5, 0.6) is 0 Å². The van der Waals surface area contributed by atoms with E-state index in [2.05, 4.69) is 10.2 Å². The third kappa shape index (κ3) is 1.63. The average molecular weight is 245 g/mol. The summed E-state index contributed by atoms with van der Waals surface area (Å²) in [6.07, 6.45) is 0. The second-order valence-electron chi connectivity index (χ2n) is 3.16. The Balaban J connectivity index is 2.74. The van der Waals surface area contributed by atoms with Gasteiger partial charge < -0.3 is 4.57 Å². The molecule has 0 amide bonds. The topological polar surface area (TPSA) is 33.6 Å². The number of aromatic nitrogens is 3. The molecule has 0 saturated heterocycles. The fraction of sp³-hybridized carbons (Fsp3) is 0.111. The molecule has 1 N–H and O–H groups in total. The minimum Gasteiger partial charge on any atom is -0.303 e. The van der Waals surface area contributed by atoms with E-state index >= 15 is 0 Å². The lowest BCUT2D eigenvalue weighted by molar-refractivity contribution is 0.545. The zero-order chi connectivity index (χ0) is 11.9. The monoisotopic (exact) mass is 245 g/mol. The molecule has 0 bridgehead atoms. The average Bonchev–Trinajstić information content (AvgIpc) is 2.48. The van der Waals surface area contributed by atoms with Crippen LogP contribution in [-0.4, -0.2) is 14.8 Å². The molecule has 2 rings (SSSR count). The van der Waals surface area contributed by atoms with E-state index in [1.54, 1.807) is 0 Å². The number of halogens is 3. The first kappa shape index (κ1) is 10.9. The summed E-state index contributed by atoms with van der Waals surface area (Å²) in [5.74, 6) is -3.03. The number of benzene rings is 1. The van der Waals surface area contributed by atoms with Crippen LogP contribution in [0.1, 0.15) is 0 Å². The molecule has 2 aromatic rings. The molecule has 0 aliphatic rings. The van der Waals surface area contributed by atoms with Gasteiger partial charge in [-0.05, 0) is 12.2 Å². The fourth-order valence-electron chi connectivity index (χ4n) is 1.33. The van der Waals surface area contributed by atoms with Crippen molar-refractivity contribution in [1.29, 1.82) is 0 Å². The first-order valence-corrected chi connectivity index (χ1v) is 4.68.